The normalized spacial score (nSPS) is 15.1. The number of hydrogen-bond donors (Lipinski definition) is 1. The van der Waals surface area contributed by atoms with E-state index < -0.39 is 12.1 Å². The largest absolute Gasteiger partial charge is 0.492 e. The van der Waals surface area contributed by atoms with E-state index in [1.54, 1.807) is 6.92 Å². The van der Waals surface area contributed by atoms with Crippen LogP contribution in [0.5, 0.6) is 5.75 Å². The molecule has 0 saturated carbocycles. The fourth-order valence-corrected chi connectivity index (χ4v) is 5.63. The Balaban J connectivity index is 1.29. The van der Waals surface area contributed by atoms with Gasteiger partial charge in [-0.2, -0.15) is 0 Å². The molecule has 5 rings (SSSR count). The lowest BCUT2D eigenvalue weighted by Crippen LogP contribution is -2.30. The number of carboxylic acids is 1. The smallest absolute Gasteiger partial charge is 0.333 e. The number of fused-ring (bicyclic) bond motifs is 2. The summed E-state index contributed by atoms with van der Waals surface area (Å²) >= 11 is 0. The van der Waals surface area contributed by atoms with Gasteiger partial charge in [-0.05, 0) is 77.9 Å². The molecule has 1 N–H and O–H groups in total. The third-order valence-corrected chi connectivity index (χ3v) is 7.70. The van der Waals surface area contributed by atoms with Gasteiger partial charge >= 0.3 is 5.97 Å². The molecule has 4 aromatic carbocycles. The highest BCUT2D eigenvalue weighted by molar-refractivity contribution is 5.72. The molecule has 0 aromatic heterocycles. The maximum Gasteiger partial charge on any atom is 0.333 e. The first kappa shape index (κ1) is 27.6. The minimum atomic E-state index is -0.942. The van der Waals surface area contributed by atoms with E-state index in [2.05, 4.69) is 84.7 Å². The second-order valence-electron chi connectivity index (χ2n) is 10.3. The van der Waals surface area contributed by atoms with Crippen molar-refractivity contribution >= 4 is 5.97 Å². The van der Waals surface area contributed by atoms with Crippen molar-refractivity contribution < 1.29 is 19.4 Å². The zero-order valence-electron chi connectivity index (χ0n) is 23.3. The summed E-state index contributed by atoms with van der Waals surface area (Å²) in [5, 5.41) is 9.35. The summed E-state index contributed by atoms with van der Waals surface area (Å²) in [6.07, 6.45) is 1.55. The summed E-state index contributed by atoms with van der Waals surface area (Å²) in [7, 11) is 2.17. The molecule has 0 heterocycles. The van der Waals surface area contributed by atoms with E-state index in [-0.39, 0.29) is 6.04 Å². The second kappa shape index (κ2) is 12.9. The van der Waals surface area contributed by atoms with Crippen molar-refractivity contribution in [2.24, 2.45) is 0 Å². The van der Waals surface area contributed by atoms with Gasteiger partial charge in [0.1, 0.15) is 12.4 Å². The Morgan fingerprint density at radius 3 is 2.33 bits per heavy atom. The quantitative estimate of drug-likeness (QED) is 0.235. The second-order valence-corrected chi connectivity index (χ2v) is 10.3. The van der Waals surface area contributed by atoms with Crippen LogP contribution in [0.2, 0.25) is 0 Å². The van der Waals surface area contributed by atoms with Crippen LogP contribution in [-0.2, 0) is 28.8 Å². The number of aliphatic carboxylic acids is 1. The topological polar surface area (TPSA) is 59.0 Å². The van der Waals surface area contributed by atoms with E-state index in [0.29, 0.717) is 19.6 Å². The maximum atomic E-state index is 11.4. The molecule has 206 valence electrons. The molecule has 1 aliphatic rings. The van der Waals surface area contributed by atoms with Gasteiger partial charge in [0.15, 0.2) is 6.10 Å². The molecule has 5 nitrogen and oxygen atoms in total. The molecule has 2 unspecified atom stereocenters. The summed E-state index contributed by atoms with van der Waals surface area (Å²) in [6, 6.07) is 34.1. The van der Waals surface area contributed by atoms with E-state index in [9.17, 15) is 9.90 Å². The van der Waals surface area contributed by atoms with Crippen molar-refractivity contribution in [1.82, 2.24) is 4.90 Å². The van der Waals surface area contributed by atoms with Crippen LogP contribution in [0.4, 0.5) is 0 Å². The van der Waals surface area contributed by atoms with Crippen LogP contribution in [0, 0.1) is 0 Å². The van der Waals surface area contributed by atoms with Crippen LogP contribution in [-0.4, -0.2) is 48.9 Å². The lowest BCUT2D eigenvalue weighted by Gasteiger charge is -2.30. The molecule has 4 aromatic rings. The SMILES string of the molecule is CCOC(Cc1ccc(OCCN(C)C2c3ccccc3CCc3cc(-c4ccccc4)ccc32)cc1)C(=O)O. The van der Waals surface area contributed by atoms with Crippen molar-refractivity contribution in [1.29, 1.82) is 0 Å². The van der Waals surface area contributed by atoms with E-state index in [1.807, 2.05) is 24.3 Å². The van der Waals surface area contributed by atoms with Gasteiger partial charge in [0.25, 0.3) is 0 Å². The molecule has 40 heavy (non-hydrogen) atoms. The number of carboxylic acid groups (broad SMARTS) is 1. The molecule has 0 bridgehead atoms. The lowest BCUT2D eigenvalue weighted by molar-refractivity contribution is -0.149. The third-order valence-electron chi connectivity index (χ3n) is 7.70. The number of nitrogens with zero attached hydrogens (tertiary/aromatic N) is 1. The number of likely N-dealkylation sites (N-methyl/N-ethyl adjacent to an activating group) is 1. The van der Waals surface area contributed by atoms with E-state index in [1.165, 1.54) is 33.4 Å². The third kappa shape index (κ3) is 6.44. The maximum absolute atomic E-state index is 11.4. The summed E-state index contributed by atoms with van der Waals surface area (Å²) in [6.45, 7) is 3.47. The van der Waals surface area contributed by atoms with Gasteiger partial charge in [-0.3, -0.25) is 4.90 Å². The molecule has 0 saturated heterocycles. The molecular formula is C35H37NO4. The number of rotatable bonds is 11. The predicted octanol–water partition coefficient (Wildman–Crippen LogP) is 6.58. The van der Waals surface area contributed by atoms with Crippen LogP contribution in [0.1, 0.15) is 40.8 Å². The summed E-state index contributed by atoms with van der Waals surface area (Å²) in [5.74, 6) is -0.169. The summed E-state index contributed by atoms with van der Waals surface area (Å²) in [4.78, 5) is 13.8. The highest BCUT2D eigenvalue weighted by Crippen LogP contribution is 2.37. The Morgan fingerprint density at radius 1 is 0.875 bits per heavy atom. The Labute approximate surface area is 237 Å². The van der Waals surface area contributed by atoms with E-state index in [4.69, 9.17) is 9.47 Å². The van der Waals surface area contributed by atoms with Gasteiger partial charge in [-0.25, -0.2) is 4.79 Å². The molecule has 0 fully saturated rings. The minimum absolute atomic E-state index is 0.149. The van der Waals surface area contributed by atoms with Crippen LogP contribution in [0.15, 0.2) is 97.1 Å². The fourth-order valence-electron chi connectivity index (χ4n) is 5.63. The van der Waals surface area contributed by atoms with Gasteiger partial charge in [0, 0.05) is 19.6 Å². The number of benzene rings is 4. The fraction of sp³-hybridized carbons (Fsp3) is 0.286. The van der Waals surface area contributed by atoms with Crippen molar-refractivity contribution in [3.8, 4) is 16.9 Å². The van der Waals surface area contributed by atoms with Gasteiger partial charge in [0.05, 0.1) is 6.04 Å². The summed E-state index contributed by atoms with van der Waals surface area (Å²) < 4.78 is 11.5. The Bertz CT molecular complexity index is 1420. The Morgan fingerprint density at radius 2 is 1.57 bits per heavy atom. The van der Waals surface area contributed by atoms with Gasteiger partial charge in [-0.1, -0.05) is 84.9 Å². The Hall–Kier alpha value is -3.93. The number of aryl methyl sites for hydroxylation is 2. The minimum Gasteiger partial charge on any atom is -0.492 e. The van der Waals surface area contributed by atoms with Crippen LogP contribution < -0.4 is 4.74 Å². The average Bonchev–Trinajstić information content (AvgIpc) is 3.14. The molecule has 2 atom stereocenters. The van der Waals surface area contributed by atoms with Gasteiger partial charge in [-0.15, -0.1) is 0 Å². The van der Waals surface area contributed by atoms with Crippen molar-refractivity contribution in [3.63, 3.8) is 0 Å². The van der Waals surface area contributed by atoms with Gasteiger partial charge in [0.2, 0.25) is 0 Å². The zero-order valence-corrected chi connectivity index (χ0v) is 23.3. The summed E-state index contributed by atoms with van der Waals surface area (Å²) in [5.41, 5.74) is 8.94. The van der Waals surface area contributed by atoms with Gasteiger partial charge < -0.3 is 14.6 Å². The molecule has 0 aliphatic heterocycles. The van der Waals surface area contributed by atoms with Crippen LogP contribution in [0.25, 0.3) is 11.1 Å². The Kier molecular flexibility index (Phi) is 8.94. The molecule has 1 aliphatic carbocycles. The lowest BCUT2D eigenvalue weighted by atomic mass is 9.91. The predicted molar refractivity (Wildman–Crippen MR) is 159 cm³/mol. The van der Waals surface area contributed by atoms with Crippen LogP contribution in [0.3, 0.4) is 0 Å². The first-order valence-corrected chi connectivity index (χ1v) is 14.1. The standard InChI is InChI=1S/C35H37NO4/c1-3-39-33(35(37)38)23-25-13-18-30(19-14-25)40-22-21-36(2)34-31-12-8-7-11-27(31)15-16-29-24-28(17-20-32(29)34)26-9-5-4-6-10-26/h4-14,17-20,24,33-34H,3,15-16,21-23H2,1-2H3,(H,37,38). The molecule has 0 radical (unpaired) electrons. The monoisotopic (exact) mass is 535 g/mol. The first-order chi connectivity index (χ1) is 19.5. The number of ether oxygens (including phenoxy) is 2. The molecule has 5 heteroatoms. The highest BCUT2D eigenvalue weighted by Gasteiger charge is 2.27. The number of hydrogen-bond acceptors (Lipinski definition) is 4. The van der Waals surface area contributed by atoms with Crippen molar-refractivity contribution in [2.45, 2.75) is 38.3 Å². The highest BCUT2D eigenvalue weighted by atomic mass is 16.5. The first-order valence-electron chi connectivity index (χ1n) is 14.1. The van der Waals surface area contributed by atoms with Crippen molar-refractivity contribution in [2.75, 3.05) is 26.8 Å². The van der Waals surface area contributed by atoms with E-state index >= 15 is 0 Å². The van der Waals surface area contributed by atoms with Crippen molar-refractivity contribution in [3.05, 3.63) is 125 Å². The average molecular weight is 536 g/mol. The zero-order chi connectivity index (χ0) is 27.9. The molecule has 0 amide bonds. The molecule has 0 spiro atoms. The van der Waals surface area contributed by atoms with Crippen LogP contribution >= 0.6 is 0 Å². The molecular weight excluding hydrogens is 498 g/mol. The van der Waals surface area contributed by atoms with E-state index in [0.717, 1.165) is 30.7 Å². The number of carbonyl (C=O) groups is 1.